The topological polar surface area (TPSA) is 93.7 Å². The van der Waals surface area contributed by atoms with E-state index in [-0.39, 0.29) is 23.3 Å². The lowest BCUT2D eigenvalue weighted by molar-refractivity contribution is -0.118. The number of ether oxygens (including phenoxy) is 2. The minimum absolute atomic E-state index is 0.0830. The van der Waals surface area contributed by atoms with Gasteiger partial charge in [0.15, 0.2) is 6.61 Å². The van der Waals surface area contributed by atoms with Gasteiger partial charge >= 0.3 is 0 Å². The quantitative estimate of drug-likeness (QED) is 0.407. The Hall–Kier alpha value is -3.52. The highest BCUT2D eigenvalue weighted by Gasteiger charge is 2.15. The van der Waals surface area contributed by atoms with E-state index >= 15 is 0 Å². The largest absolute Gasteiger partial charge is 0.494 e. The maximum absolute atomic E-state index is 12.7. The van der Waals surface area contributed by atoms with E-state index in [2.05, 4.69) is 23.9 Å². The molecule has 0 radical (unpaired) electrons. The Morgan fingerprint density at radius 1 is 0.912 bits per heavy atom. The number of anilines is 2. The lowest BCUT2D eigenvalue weighted by atomic mass is 9.98. The summed E-state index contributed by atoms with van der Waals surface area (Å²) in [5, 5.41) is 2.93. The average Bonchev–Trinajstić information content (AvgIpc) is 2.80. The Morgan fingerprint density at radius 2 is 1.53 bits per heavy atom. The summed E-state index contributed by atoms with van der Waals surface area (Å²) < 4.78 is 38.8. The molecule has 0 aliphatic carbocycles. The molecule has 0 saturated carbocycles. The van der Waals surface area contributed by atoms with E-state index in [1.807, 2.05) is 32.0 Å². The molecule has 0 aliphatic rings. The molecule has 34 heavy (non-hydrogen) atoms. The van der Waals surface area contributed by atoms with Gasteiger partial charge in [-0.1, -0.05) is 32.0 Å². The second kappa shape index (κ2) is 11.1. The molecular weight excluding hydrogens is 452 g/mol. The third kappa shape index (κ3) is 6.51. The molecule has 0 aliphatic heterocycles. The predicted octanol–water partition coefficient (Wildman–Crippen LogP) is 5.34. The number of sulfonamides is 1. The van der Waals surface area contributed by atoms with Crippen molar-refractivity contribution >= 4 is 27.3 Å². The molecule has 0 fully saturated rings. The monoisotopic (exact) mass is 482 g/mol. The van der Waals surface area contributed by atoms with Crippen LogP contribution in [0.15, 0.2) is 71.6 Å². The van der Waals surface area contributed by atoms with E-state index in [9.17, 15) is 13.2 Å². The van der Waals surface area contributed by atoms with Crippen LogP contribution in [0, 0.1) is 6.92 Å². The van der Waals surface area contributed by atoms with Crippen molar-refractivity contribution in [1.29, 1.82) is 0 Å². The SMILES string of the molecule is CCOc1ccc(NS(=O)(=O)c2ccc(OCC(=O)Nc3c(C)cccc3C(C)C)cc2)cc1. The van der Waals surface area contributed by atoms with Crippen molar-refractivity contribution < 1.29 is 22.7 Å². The number of nitrogens with one attached hydrogen (secondary N) is 2. The first-order valence-corrected chi connectivity index (χ1v) is 12.6. The van der Waals surface area contributed by atoms with Crippen LogP contribution >= 0.6 is 0 Å². The van der Waals surface area contributed by atoms with Crippen molar-refractivity contribution in [2.75, 3.05) is 23.3 Å². The van der Waals surface area contributed by atoms with Crippen LogP contribution < -0.4 is 19.5 Å². The minimum atomic E-state index is -3.77. The Bertz CT molecular complexity index is 1220. The third-order valence-corrected chi connectivity index (χ3v) is 6.51. The zero-order valence-corrected chi connectivity index (χ0v) is 20.6. The van der Waals surface area contributed by atoms with Gasteiger partial charge in [0.25, 0.3) is 15.9 Å². The molecule has 0 atom stereocenters. The van der Waals surface area contributed by atoms with Crippen LogP contribution in [0.5, 0.6) is 11.5 Å². The van der Waals surface area contributed by atoms with Crippen LogP contribution in [-0.4, -0.2) is 27.5 Å². The van der Waals surface area contributed by atoms with Gasteiger partial charge in [-0.15, -0.1) is 0 Å². The normalized spacial score (nSPS) is 11.2. The average molecular weight is 483 g/mol. The summed E-state index contributed by atoms with van der Waals surface area (Å²) in [7, 11) is -3.77. The van der Waals surface area contributed by atoms with Gasteiger partial charge < -0.3 is 14.8 Å². The molecule has 3 aromatic carbocycles. The molecule has 0 aromatic heterocycles. The maximum atomic E-state index is 12.7. The van der Waals surface area contributed by atoms with E-state index in [1.165, 1.54) is 24.3 Å². The Kier molecular flexibility index (Phi) is 8.17. The van der Waals surface area contributed by atoms with Crippen LogP contribution in [0.25, 0.3) is 0 Å². The van der Waals surface area contributed by atoms with Crippen LogP contribution in [0.3, 0.4) is 0 Å². The Labute approximate surface area is 201 Å². The number of hydrogen-bond acceptors (Lipinski definition) is 5. The molecule has 0 spiro atoms. The van der Waals surface area contributed by atoms with Crippen LogP contribution in [0.2, 0.25) is 0 Å². The van der Waals surface area contributed by atoms with Gasteiger partial charge in [0.1, 0.15) is 11.5 Å². The van der Waals surface area contributed by atoms with Crippen molar-refractivity contribution in [3.8, 4) is 11.5 Å². The molecule has 7 nitrogen and oxygen atoms in total. The first kappa shape index (κ1) is 25.1. The van der Waals surface area contributed by atoms with Crippen LogP contribution in [-0.2, 0) is 14.8 Å². The molecule has 2 N–H and O–H groups in total. The highest BCUT2D eigenvalue weighted by molar-refractivity contribution is 7.92. The fourth-order valence-corrected chi connectivity index (χ4v) is 4.44. The van der Waals surface area contributed by atoms with Crippen molar-refractivity contribution in [1.82, 2.24) is 0 Å². The minimum Gasteiger partial charge on any atom is -0.494 e. The lowest BCUT2D eigenvalue weighted by Gasteiger charge is -2.16. The Balaban J connectivity index is 1.60. The molecule has 1 amide bonds. The molecule has 3 rings (SSSR count). The number of carbonyl (C=O) groups is 1. The maximum Gasteiger partial charge on any atom is 0.262 e. The third-order valence-electron chi connectivity index (χ3n) is 5.11. The van der Waals surface area contributed by atoms with E-state index in [0.717, 1.165) is 16.8 Å². The summed E-state index contributed by atoms with van der Waals surface area (Å²) in [4.78, 5) is 12.5. The lowest BCUT2D eigenvalue weighted by Crippen LogP contribution is -2.21. The predicted molar refractivity (Wildman–Crippen MR) is 134 cm³/mol. The highest BCUT2D eigenvalue weighted by Crippen LogP contribution is 2.27. The second-order valence-corrected chi connectivity index (χ2v) is 9.75. The molecule has 180 valence electrons. The van der Waals surface area contributed by atoms with Crippen molar-refractivity contribution in [2.24, 2.45) is 0 Å². The van der Waals surface area contributed by atoms with E-state index in [1.54, 1.807) is 24.3 Å². The molecule has 0 unspecified atom stereocenters. The number of para-hydroxylation sites is 1. The van der Waals surface area contributed by atoms with E-state index < -0.39 is 10.0 Å². The molecular formula is C26H30N2O5S. The zero-order valence-electron chi connectivity index (χ0n) is 19.8. The van der Waals surface area contributed by atoms with Crippen LogP contribution in [0.1, 0.15) is 37.8 Å². The van der Waals surface area contributed by atoms with Gasteiger partial charge in [-0.3, -0.25) is 9.52 Å². The Morgan fingerprint density at radius 3 is 2.15 bits per heavy atom. The number of amides is 1. The first-order valence-electron chi connectivity index (χ1n) is 11.1. The fourth-order valence-electron chi connectivity index (χ4n) is 3.38. The fraction of sp³-hybridized carbons (Fsp3) is 0.269. The zero-order chi connectivity index (χ0) is 24.7. The smallest absolute Gasteiger partial charge is 0.262 e. The van der Waals surface area contributed by atoms with E-state index in [0.29, 0.717) is 23.8 Å². The van der Waals surface area contributed by atoms with Gasteiger partial charge in [-0.25, -0.2) is 8.42 Å². The summed E-state index contributed by atoms with van der Waals surface area (Å²) in [6, 6.07) is 18.5. The molecule has 0 heterocycles. The standard InChI is InChI=1S/C26H30N2O5S/c1-5-32-21-11-9-20(10-12-21)28-34(30,31)23-15-13-22(14-16-23)33-17-25(29)27-26-19(4)7-6-8-24(26)18(2)3/h6-16,18,28H,5,17H2,1-4H3,(H,27,29). The van der Waals surface area contributed by atoms with Gasteiger partial charge in [0.2, 0.25) is 0 Å². The number of hydrogen-bond donors (Lipinski definition) is 2. The summed E-state index contributed by atoms with van der Waals surface area (Å²) in [5.74, 6) is 1.04. The number of benzene rings is 3. The molecule has 3 aromatic rings. The summed E-state index contributed by atoms with van der Waals surface area (Å²) >= 11 is 0. The highest BCUT2D eigenvalue weighted by atomic mass is 32.2. The van der Waals surface area contributed by atoms with Crippen molar-refractivity contribution in [3.05, 3.63) is 77.9 Å². The van der Waals surface area contributed by atoms with Crippen molar-refractivity contribution in [3.63, 3.8) is 0 Å². The van der Waals surface area contributed by atoms with Crippen molar-refractivity contribution in [2.45, 2.75) is 38.5 Å². The number of aryl methyl sites for hydroxylation is 1. The number of carbonyl (C=O) groups excluding carboxylic acids is 1. The van der Waals surface area contributed by atoms with Crippen LogP contribution in [0.4, 0.5) is 11.4 Å². The first-order chi connectivity index (χ1) is 16.2. The molecule has 0 bridgehead atoms. The van der Waals surface area contributed by atoms with Gasteiger partial charge in [0, 0.05) is 11.4 Å². The number of rotatable bonds is 10. The van der Waals surface area contributed by atoms with Gasteiger partial charge in [0.05, 0.1) is 11.5 Å². The summed E-state index contributed by atoms with van der Waals surface area (Å²) in [5.41, 5.74) is 3.27. The van der Waals surface area contributed by atoms with Gasteiger partial charge in [-0.05, 0) is 79.4 Å². The summed E-state index contributed by atoms with van der Waals surface area (Å²) in [6.07, 6.45) is 0. The second-order valence-electron chi connectivity index (χ2n) is 8.06. The van der Waals surface area contributed by atoms with Gasteiger partial charge in [-0.2, -0.15) is 0 Å². The summed E-state index contributed by atoms with van der Waals surface area (Å²) in [6.45, 7) is 8.31. The molecule has 8 heteroatoms. The molecule has 0 saturated heterocycles. The van der Waals surface area contributed by atoms with E-state index in [4.69, 9.17) is 9.47 Å².